The summed E-state index contributed by atoms with van der Waals surface area (Å²) in [6.45, 7) is -0.437. The summed E-state index contributed by atoms with van der Waals surface area (Å²) in [7, 11) is 0. The molecule has 0 aliphatic carbocycles. The molecule has 4 aromatic rings. The van der Waals surface area contributed by atoms with Crippen molar-refractivity contribution >= 4 is 50.9 Å². The number of esters is 1. The van der Waals surface area contributed by atoms with Gasteiger partial charge in [-0.05, 0) is 42.0 Å². The van der Waals surface area contributed by atoms with Crippen molar-refractivity contribution in [3.63, 3.8) is 0 Å². The second-order valence-electron chi connectivity index (χ2n) is 6.71. The summed E-state index contributed by atoms with van der Waals surface area (Å²) >= 11 is 3.31. The van der Waals surface area contributed by atoms with Gasteiger partial charge in [-0.25, -0.2) is 9.78 Å². The van der Waals surface area contributed by atoms with Gasteiger partial charge in [-0.15, -0.1) is 11.3 Å². The van der Waals surface area contributed by atoms with E-state index in [2.05, 4.69) is 16.4 Å². The first kappa shape index (κ1) is 21.6. The minimum Gasteiger partial charge on any atom is -0.452 e. The third-order valence-corrected chi connectivity index (χ3v) is 6.73. The quantitative estimate of drug-likeness (QED) is 0.300. The maximum absolute atomic E-state index is 12.2. The number of fused-ring (bicyclic) bond motifs is 1. The second-order valence-corrected chi connectivity index (χ2v) is 8.97. The molecule has 1 N–H and O–H groups in total. The Kier molecular flexibility index (Phi) is 6.80. The van der Waals surface area contributed by atoms with Crippen LogP contribution in [-0.4, -0.2) is 23.5 Å². The average Bonchev–Trinajstić information content (AvgIpc) is 3.25. The molecule has 0 spiro atoms. The highest BCUT2D eigenvalue weighted by atomic mass is 32.2. The van der Waals surface area contributed by atoms with Gasteiger partial charge in [-0.2, -0.15) is 5.26 Å². The molecule has 1 amide bonds. The third-order valence-electron chi connectivity index (χ3n) is 4.48. The van der Waals surface area contributed by atoms with Gasteiger partial charge in [0.25, 0.3) is 5.91 Å². The molecule has 1 aromatic heterocycles. The SMILES string of the molecule is N#Cc1ccccc1NC(=O)COC(=O)c1ccc(CSc2nc3ccccc3s2)cc1. The van der Waals surface area contributed by atoms with Crippen LogP contribution in [0, 0.1) is 11.3 Å². The smallest absolute Gasteiger partial charge is 0.338 e. The number of nitrogens with one attached hydrogen (secondary N) is 1. The largest absolute Gasteiger partial charge is 0.452 e. The zero-order valence-electron chi connectivity index (χ0n) is 16.8. The Bertz CT molecular complexity index is 1280. The molecule has 0 fully saturated rings. The molecule has 1 heterocycles. The van der Waals surface area contributed by atoms with Gasteiger partial charge >= 0.3 is 5.97 Å². The Morgan fingerprint density at radius 3 is 2.56 bits per heavy atom. The number of carbonyl (C=O) groups excluding carboxylic acids is 2. The summed E-state index contributed by atoms with van der Waals surface area (Å²) in [4.78, 5) is 28.9. The number of hydrogen-bond acceptors (Lipinski definition) is 7. The van der Waals surface area contributed by atoms with Crippen LogP contribution in [0.5, 0.6) is 0 Å². The van der Waals surface area contributed by atoms with E-state index >= 15 is 0 Å². The minimum atomic E-state index is -0.584. The Hall–Kier alpha value is -3.67. The van der Waals surface area contributed by atoms with Crippen molar-refractivity contribution in [2.24, 2.45) is 0 Å². The van der Waals surface area contributed by atoms with Crippen molar-refractivity contribution in [1.82, 2.24) is 4.98 Å². The number of para-hydroxylation sites is 2. The Labute approximate surface area is 192 Å². The normalized spacial score (nSPS) is 10.5. The number of rotatable bonds is 7. The molecule has 0 saturated heterocycles. The molecule has 158 valence electrons. The maximum atomic E-state index is 12.2. The van der Waals surface area contributed by atoms with Crippen LogP contribution in [-0.2, 0) is 15.3 Å². The van der Waals surface area contributed by atoms with Crippen molar-refractivity contribution in [3.8, 4) is 6.07 Å². The zero-order valence-corrected chi connectivity index (χ0v) is 18.4. The fourth-order valence-electron chi connectivity index (χ4n) is 2.89. The first-order chi connectivity index (χ1) is 15.6. The van der Waals surface area contributed by atoms with Crippen LogP contribution in [0.2, 0.25) is 0 Å². The van der Waals surface area contributed by atoms with Crippen LogP contribution < -0.4 is 5.32 Å². The topological polar surface area (TPSA) is 92.1 Å². The number of hydrogen-bond donors (Lipinski definition) is 1. The van der Waals surface area contributed by atoms with E-state index in [1.807, 2.05) is 36.4 Å². The number of thioether (sulfide) groups is 1. The van der Waals surface area contributed by atoms with Gasteiger partial charge in [0.2, 0.25) is 0 Å². The Morgan fingerprint density at radius 2 is 1.78 bits per heavy atom. The van der Waals surface area contributed by atoms with E-state index in [1.54, 1.807) is 59.5 Å². The van der Waals surface area contributed by atoms with Crippen molar-refractivity contribution < 1.29 is 14.3 Å². The van der Waals surface area contributed by atoms with E-state index in [-0.39, 0.29) is 0 Å². The molecule has 3 aromatic carbocycles. The van der Waals surface area contributed by atoms with Crippen molar-refractivity contribution in [2.75, 3.05) is 11.9 Å². The highest BCUT2D eigenvalue weighted by molar-refractivity contribution is 8.00. The van der Waals surface area contributed by atoms with Gasteiger partial charge in [-0.1, -0.05) is 48.2 Å². The Balaban J connectivity index is 1.28. The number of anilines is 1. The predicted molar refractivity (Wildman–Crippen MR) is 126 cm³/mol. The lowest BCUT2D eigenvalue weighted by molar-refractivity contribution is -0.119. The van der Waals surface area contributed by atoms with Crippen molar-refractivity contribution in [1.29, 1.82) is 5.26 Å². The summed E-state index contributed by atoms with van der Waals surface area (Å²) < 4.78 is 7.25. The molecule has 8 heteroatoms. The molecule has 0 atom stereocenters. The van der Waals surface area contributed by atoms with Gasteiger partial charge in [0, 0.05) is 5.75 Å². The molecule has 0 aliphatic heterocycles. The lowest BCUT2D eigenvalue weighted by Crippen LogP contribution is -2.21. The highest BCUT2D eigenvalue weighted by Crippen LogP contribution is 2.31. The third kappa shape index (κ3) is 5.32. The summed E-state index contributed by atoms with van der Waals surface area (Å²) in [6.07, 6.45) is 0. The van der Waals surface area contributed by atoms with Crippen LogP contribution >= 0.6 is 23.1 Å². The van der Waals surface area contributed by atoms with Crippen LogP contribution in [0.25, 0.3) is 10.2 Å². The summed E-state index contributed by atoms with van der Waals surface area (Å²) in [5, 5.41) is 11.6. The molecular formula is C24H17N3O3S2. The molecule has 0 unspecified atom stereocenters. The second kappa shape index (κ2) is 10.1. The summed E-state index contributed by atoms with van der Waals surface area (Å²) in [6, 6.07) is 23.7. The van der Waals surface area contributed by atoms with Crippen LogP contribution in [0.1, 0.15) is 21.5 Å². The lowest BCUT2D eigenvalue weighted by Gasteiger charge is -2.08. The van der Waals surface area contributed by atoms with E-state index in [4.69, 9.17) is 10.00 Å². The van der Waals surface area contributed by atoms with Crippen molar-refractivity contribution in [2.45, 2.75) is 10.1 Å². The van der Waals surface area contributed by atoms with Gasteiger partial charge in [-0.3, -0.25) is 4.79 Å². The summed E-state index contributed by atoms with van der Waals surface area (Å²) in [5.41, 5.74) is 3.14. The number of thiazole rings is 1. The number of ether oxygens (including phenoxy) is 1. The number of benzene rings is 3. The van der Waals surface area contributed by atoms with Crippen LogP contribution in [0.15, 0.2) is 77.1 Å². The summed E-state index contributed by atoms with van der Waals surface area (Å²) in [5.74, 6) is -0.362. The Morgan fingerprint density at radius 1 is 1.03 bits per heavy atom. The van der Waals surface area contributed by atoms with Gasteiger partial charge in [0.05, 0.1) is 27.0 Å². The first-order valence-electron chi connectivity index (χ1n) is 9.66. The van der Waals surface area contributed by atoms with Gasteiger partial charge < -0.3 is 10.1 Å². The fraction of sp³-hybridized carbons (Fsp3) is 0.0833. The van der Waals surface area contributed by atoms with E-state index in [0.29, 0.717) is 16.8 Å². The molecule has 32 heavy (non-hydrogen) atoms. The molecular weight excluding hydrogens is 442 g/mol. The molecule has 0 bridgehead atoms. The van der Waals surface area contributed by atoms with E-state index in [9.17, 15) is 9.59 Å². The average molecular weight is 460 g/mol. The molecule has 4 rings (SSSR count). The zero-order chi connectivity index (χ0) is 22.3. The maximum Gasteiger partial charge on any atom is 0.338 e. The minimum absolute atomic E-state index is 0.339. The number of aromatic nitrogens is 1. The highest BCUT2D eigenvalue weighted by Gasteiger charge is 2.12. The number of carbonyl (C=O) groups is 2. The van der Waals surface area contributed by atoms with Crippen molar-refractivity contribution in [3.05, 3.63) is 89.5 Å². The van der Waals surface area contributed by atoms with Crippen LogP contribution in [0.3, 0.4) is 0 Å². The van der Waals surface area contributed by atoms with Gasteiger partial charge in [0.1, 0.15) is 6.07 Å². The number of amides is 1. The molecule has 0 saturated carbocycles. The lowest BCUT2D eigenvalue weighted by atomic mass is 10.1. The van der Waals surface area contributed by atoms with E-state index < -0.39 is 18.5 Å². The van der Waals surface area contributed by atoms with Gasteiger partial charge in [0.15, 0.2) is 10.9 Å². The molecule has 0 radical (unpaired) electrons. The molecule has 0 aliphatic rings. The predicted octanol–water partition coefficient (Wildman–Crippen LogP) is 5.26. The number of nitrogens with zero attached hydrogens (tertiary/aromatic N) is 2. The van der Waals surface area contributed by atoms with Crippen LogP contribution in [0.4, 0.5) is 5.69 Å². The van der Waals surface area contributed by atoms with E-state index in [0.717, 1.165) is 25.9 Å². The van der Waals surface area contributed by atoms with E-state index in [1.165, 1.54) is 0 Å². The fourth-order valence-corrected chi connectivity index (χ4v) is 4.91. The standard InChI is InChI=1S/C24H17N3O3S2/c25-13-18-5-1-2-6-19(18)26-22(28)14-30-23(29)17-11-9-16(10-12-17)15-31-24-27-20-7-3-4-8-21(20)32-24/h1-12H,14-15H2,(H,26,28). The molecule has 6 nitrogen and oxygen atoms in total. The monoisotopic (exact) mass is 459 g/mol. The number of nitriles is 1. The first-order valence-corrected chi connectivity index (χ1v) is 11.5.